The number of benzene rings is 2. The lowest BCUT2D eigenvalue weighted by molar-refractivity contribution is -0.369. The minimum absolute atomic E-state index is 0.0648. The number of ether oxygens (including phenoxy) is 3. The molecule has 0 fully saturated rings. The monoisotopic (exact) mass is 780 g/mol. The summed E-state index contributed by atoms with van der Waals surface area (Å²) in [4.78, 5) is 12.5. The second-order valence-electron chi connectivity index (χ2n) is 15.2. The van der Waals surface area contributed by atoms with Crippen LogP contribution in [-0.2, 0) is 22.4 Å². The summed E-state index contributed by atoms with van der Waals surface area (Å²) in [6.07, 6.45) is 0.775. The maximum atomic E-state index is 14.6. The molecule has 0 aromatic heterocycles. The number of carbonyl (C=O) groups excluding carboxylic acids is 1. The molecule has 3 rings (SSSR count). The number of alkyl halides is 8. The number of unbranched alkanes of at least 4 members (excludes halogenated alkanes) is 2. The van der Waals surface area contributed by atoms with Gasteiger partial charge >= 0.3 is 29.7 Å². The van der Waals surface area contributed by atoms with E-state index in [0.29, 0.717) is 17.6 Å². The van der Waals surface area contributed by atoms with Gasteiger partial charge in [0.25, 0.3) is 0 Å². The zero-order chi connectivity index (χ0) is 40.9. The standard InChI is InChI=1S/C39H52F8N2O5/c1-7-9-10-11-24-12-15-28(25(8-2)20-24)29-21-26-13-14-27(22-31(26)54-32(29)50)52-18-16-36(40,41)38(44,45)39(46,47)37(42,43)17-19-53-33(51)30(35(5,6)49)23-34(3,4)48/h12-15,20-22,30,32,50H,7-11,16-19,23,48-49H2,1-6H3. The minimum atomic E-state index is -6.56. The van der Waals surface area contributed by atoms with Crippen LogP contribution in [-0.4, -0.2) is 65.3 Å². The average Bonchev–Trinajstić information content (AvgIpc) is 3.05. The molecule has 5 N–H and O–H groups in total. The number of aliphatic hydroxyl groups excluding tert-OH is 1. The summed E-state index contributed by atoms with van der Waals surface area (Å²) >= 11 is 0. The van der Waals surface area contributed by atoms with Crippen molar-refractivity contribution in [2.75, 3.05) is 13.2 Å². The van der Waals surface area contributed by atoms with Crippen LogP contribution < -0.4 is 20.9 Å². The van der Waals surface area contributed by atoms with E-state index in [0.717, 1.165) is 36.8 Å². The number of nitrogens with two attached hydrogens (primary N) is 2. The van der Waals surface area contributed by atoms with Gasteiger partial charge in [-0.1, -0.05) is 44.9 Å². The first kappa shape index (κ1) is 45.0. The first-order valence-corrected chi connectivity index (χ1v) is 18.0. The normalized spacial score (nSPS) is 16.3. The number of carbonyl (C=O) groups is 1. The number of halogens is 8. The molecule has 2 unspecified atom stereocenters. The van der Waals surface area contributed by atoms with E-state index in [1.165, 1.54) is 51.5 Å². The summed E-state index contributed by atoms with van der Waals surface area (Å²) in [6, 6.07) is 9.92. The molecular formula is C39H52F8N2O5. The molecule has 0 bridgehead atoms. The van der Waals surface area contributed by atoms with Gasteiger partial charge in [0, 0.05) is 28.3 Å². The quantitative estimate of drug-likeness (QED) is 0.0698. The molecule has 1 aliphatic heterocycles. The summed E-state index contributed by atoms with van der Waals surface area (Å²) in [5, 5.41) is 10.8. The highest BCUT2D eigenvalue weighted by Gasteiger charge is 2.79. The van der Waals surface area contributed by atoms with E-state index >= 15 is 0 Å². The van der Waals surface area contributed by atoms with Crippen LogP contribution in [0.2, 0.25) is 0 Å². The van der Waals surface area contributed by atoms with Crippen molar-refractivity contribution in [3.63, 3.8) is 0 Å². The van der Waals surface area contributed by atoms with Gasteiger partial charge in [-0.25, -0.2) is 0 Å². The Morgan fingerprint density at radius 3 is 2.04 bits per heavy atom. The number of hydrogen-bond acceptors (Lipinski definition) is 7. The van der Waals surface area contributed by atoms with E-state index in [4.69, 9.17) is 20.9 Å². The molecule has 0 radical (unpaired) electrons. The zero-order valence-corrected chi connectivity index (χ0v) is 31.5. The lowest BCUT2D eigenvalue weighted by atomic mass is 9.80. The fourth-order valence-corrected chi connectivity index (χ4v) is 6.04. The molecule has 15 heteroatoms. The van der Waals surface area contributed by atoms with Gasteiger partial charge in [-0.15, -0.1) is 0 Å². The highest BCUT2D eigenvalue weighted by Crippen LogP contribution is 2.54. The SMILES string of the molecule is CCCCCc1ccc(C2=Cc3ccc(OCCC(F)(F)C(F)(F)C(F)(F)C(F)(F)CCOC(=O)C(CC(C)(C)N)C(C)(C)N)cc3OC2O)c(CC)c1. The third-order valence-electron chi connectivity index (χ3n) is 9.30. The van der Waals surface area contributed by atoms with Gasteiger partial charge < -0.3 is 30.8 Å². The van der Waals surface area contributed by atoms with Gasteiger partial charge in [-0.3, -0.25) is 4.79 Å². The second-order valence-corrected chi connectivity index (χ2v) is 15.2. The van der Waals surface area contributed by atoms with Crippen LogP contribution in [0, 0.1) is 5.92 Å². The van der Waals surface area contributed by atoms with E-state index in [1.54, 1.807) is 6.08 Å². The Bertz CT molecular complexity index is 1620. The molecule has 2 aromatic carbocycles. The molecule has 0 saturated carbocycles. The summed E-state index contributed by atoms with van der Waals surface area (Å²) in [5.41, 5.74) is 13.5. The predicted molar refractivity (Wildman–Crippen MR) is 190 cm³/mol. The van der Waals surface area contributed by atoms with E-state index in [2.05, 4.69) is 17.7 Å². The Morgan fingerprint density at radius 1 is 0.870 bits per heavy atom. The summed E-state index contributed by atoms with van der Waals surface area (Å²) < 4.78 is 132. The molecule has 7 nitrogen and oxygen atoms in total. The first-order valence-electron chi connectivity index (χ1n) is 18.0. The average molecular weight is 781 g/mol. The van der Waals surface area contributed by atoms with E-state index in [-0.39, 0.29) is 17.9 Å². The van der Waals surface area contributed by atoms with E-state index in [1.807, 2.05) is 19.1 Å². The van der Waals surface area contributed by atoms with Crippen molar-refractivity contribution >= 4 is 17.6 Å². The van der Waals surface area contributed by atoms with E-state index in [9.17, 15) is 45.0 Å². The molecule has 54 heavy (non-hydrogen) atoms. The van der Waals surface area contributed by atoms with Gasteiger partial charge in [0.05, 0.1) is 32.0 Å². The second kappa shape index (κ2) is 17.2. The van der Waals surface area contributed by atoms with Crippen molar-refractivity contribution in [2.45, 2.75) is 134 Å². The Labute approximate surface area is 311 Å². The zero-order valence-electron chi connectivity index (χ0n) is 31.5. The number of hydrogen-bond donors (Lipinski definition) is 3. The molecule has 1 heterocycles. The molecule has 1 aliphatic rings. The third kappa shape index (κ3) is 10.7. The predicted octanol–water partition coefficient (Wildman–Crippen LogP) is 8.96. The largest absolute Gasteiger partial charge is 0.493 e. The highest BCUT2D eigenvalue weighted by molar-refractivity contribution is 5.88. The lowest BCUT2D eigenvalue weighted by Gasteiger charge is -2.37. The van der Waals surface area contributed by atoms with Crippen LogP contribution in [0.1, 0.15) is 102 Å². The summed E-state index contributed by atoms with van der Waals surface area (Å²) in [5.74, 6) is -27.0. The van der Waals surface area contributed by atoms with Crippen molar-refractivity contribution in [3.05, 3.63) is 58.7 Å². The summed E-state index contributed by atoms with van der Waals surface area (Å²) in [6.45, 7) is 7.25. The molecule has 0 spiro atoms. The van der Waals surface area contributed by atoms with Gasteiger partial charge in [0.1, 0.15) is 11.5 Å². The molecule has 0 amide bonds. The Morgan fingerprint density at radius 2 is 1.48 bits per heavy atom. The molecule has 2 atom stereocenters. The first-order chi connectivity index (χ1) is 24.8. The van der Waals surface area contributed by atoms with Gasteiger partial charge in [-0.2, -0.15) is 35.1 Å². The minimum Gasteiger partial charge on any atom is -0.493 e. The van der Waals surface area contributed by atoms with E-state index < -0.39 is 79.0 Å². The van der Waals surface area contributed by atoms with Crippen molar-refractivity contribution < 1.29 is 59.2 Å². The lowest BCUT2D eigenvalue weighted by Crippen LogP contribution is -2.62. The van der Waals surface area contributed by atoms with Gasteiger partial charge in [-0.05, 0) is 88.3 Å². The molecule has 0 saturated heterocycles. The number of esters is 1. The van der Waals surface area contributed by atoms with Crippen LogP contribution in [0.25, 0.3) is 11.6 Å². The fourth-order valence-electron chi connectivity index (χ4n) is 6.04. The Kier molecular flexibility index (Phi) is 14.3. The van der Waals surface area contributed by atoms with Gasteiger partial charge in [0.15, 0.2) is 0 Å². The van der Waals surface area contributed by atoms with Crippen molar-refractivity contribution in [3.8, 4) is 11.5 Å². The molecular weight excluding hydrogens is 728 g/mol. The maximum absolute atomic E-state index is 14.6. The van der Waals surface area contributed by atoms with Crippen LogP contribution in [0.5, 0.6) is 11.5 Å². The van der Waals surface area contributed by atoms with Crippen molar-refractivity contribution in [1.29, 1.82) is 0 Å². The number of aliphatic hydroxyl groups is 1. The van der Waals surface area contributed by atoms with Crippen LogP contribution >= 0.6 is 0 Å². The van der Waals surface area contributed by atoms with Crippen LogP contribution in [0.15, 0.2) is 36.4 Å². The fraction of sp³-hybridized carbons (Fsp3) is 0.615. The smallest absolute Gasteiger partial charge is 0.378 e. The summed E-state index contributed by atoms with van der Waals surface area (Å²) in [7, 11) is 0. The topological polar surface area (TPSA) is 117 Å². The van der Waals surface area contributed by atoms with Gasteiger partial charge in [0.2, 0.25) is 6.29 Å². The Hall–Kier alpha value is -3.43. The molecule has 304 valence electrons. The van der Waals surface area contributed by atoms with Crippen molar-refractivity contribution in [2.24, 2.45) is 17.4 Å². The molecule has 2 aromatic rings. The van der Waals surface area contributed by atoms with Crippen LogP contribution in [0.3, 0.4) is 0 Å². The number of rotatable bonds is 20. The van der Waals surface area contributed by atoms with Crippen molar-refractivity contribution in [1.82, 2.24) is 0 Å². The number of fused-ring (bicyclic) bond motifs is 1. The number of aryl methyl sites for hydroxylation is 2. The Balaban J connectivity index is 1.66. The maximum Gasteiger partial charge on any atom is 0.378 e. The molecule has 0 aliphatic carbocycles. The highest BCUT2D eigenvalue weighted by atomic mass is 19.4. The van der Waals surface area contributed by atoms with Crippen LogP contribution in [0.4, 0.5) is 35.1 Å². The third-order valence-corrected chi connectivity index (χ3v) is 9.30.